The third kappa shape index (κ3) is 3.48. The van der Waals surface area contributed by atoms with Crippen molar-refractivity contribution in [1.82, 2.24) is 4.90 Å². The summed E-state index contributed by atoms with van der Waals surface area (Å²) in [6, 6.07) is 9.98. The topological polar surface area (TPSA) is 29.5 Å². The fraction of sp³-hybridized carbons (Fsp3) is 0.500. The lowest BCUT2D eigenvalue weighted by molar-refractivity contribution is -0.132. The fourth-order valence-corrected chi connectivity index (χ4v) is 2.91. The maximum absolute atomic E-state index is 12.0. The Morgan fingerprint density at radius 3 is 2.89 bits per heavy atom. The second-order valence-electron chi connectivity index (χ2n) is 4.45. The largest absolute Gasteiger partial charge is 0.493 e. The molecule has 98 valence electrons. The van der Waals surface area contributed by atoms with Gasteiger partial charge in [0.05, 0.1) is 13.0 Å². The summed E-state index contributed by atoms with van der Waals surface area (Å²) in [4.78, 5) is 14.0. The summed E-state index contributed by atoms with van der Waals surface area (Å²) in [6.45, 7) is 1.34. The van der Waals surface area contributed by atoms with Crippen molar-refractivity contribution >= 4 is 21.8 Å². The van der Waals surface area contributed by atoms with Gasteiger partial charge in [-0.3, -0.25) is 4.79 Å². The molecule has 0 saturated carbocycles. The first kappa shape index (κ1) is 13.4. The molecule has 1 fully saturated rings. The Kier molecular flexibility index (Phi) is 5.05. The van der Waals surface area contributed by atoms with Crippen molar-refractivity contribution in [2.45, 2.75) is 25.3 Å². The molecule has 18 heavy (non-hydrogen) atoms. The molecule has 1 aromatic rings. The van der Waals surface area contributed by atoms with Crippen LogP contribution in [0.4, 0.5) is 0 Å². The number of amides is 1. The maximum Gasteiger partial charge on any atom is 0.226 e. The van der Waals surface area contributed by atoms with Crippen molar-refractivity contribution in [2.75, 3.05) is 18.5 Å². The summed E-state index contributed by atoms with van der Waals surface area (Å²) < 4.78 is 5.55. The van der Waals surface area contributed by atoms with Gasteiger partial charge >= 0.3 is 0 Å². The predicted octanol–water partition coefficient (Wildman–Crippen LogP) is 2.84. The number of likely N-dealkylation sites (tertiary alicyclic amines) is 1. The quantitative estimate of drug-likeness (QED) is 0.783. The van der Waals surface area contributed by atoms with Crippen LogP contribution in [0.5, 0.6) is 5.75 Å². The zero-order valence-electron chi connectivity index (χ0n) is 10.3. The van der Waals surface area contributed by atoms with Crippen LogP contribution in [0, 0.1) is 0 Å². The first-order valence-corrected chi connectivity index (χ1v) is 7.46. The number of alkyl halides is 1. The SMILES string of the molecule is O=C(CCOc1ccccc1)N1CCCC1CBr. The lowest BCUT2D eigenvalue weighted by Gasteiger charge is -2.23. The molecule has 0 spiro atoms. The van der Waals surface area contributed by atoms with E-state index in [4.69, 9.17) is 4.74 Å². The average molecular weight is 312 g/mol. The minimum absolute atomic E-state index is 0.202. The number of halogens is 1. The van der Waals surface area contributed by atoms with Gasteiger partial charge in [-0.15, -0.1) is 0 Å². The Morgan fingerprint density at radius 2 is 2.17 bits per heavy atom. The van der Waals surface area contributed by atoms with Crippen molar-refractivity contribution in [2.24, 2.45) is 0 Å². The molecule has 1 unspecified atom stereocenters. The molecule has 4 heteroatoms. The monoisotopic (exact) mass is 311 g/mol. The highest BCUT2D eigenvalue weighted by Gasteiger charge is 2.27. The van der Waals surface area contributed by atoms with Crippen LogP contribution in [0.1, 0.15) is 19.3 Å². The van der Waals surface area contributed by atoms with Crippen LogP contribution in [0.15, 0.2) is 30.3 Å². The molecule has 0 aromatic heterocycles. The minimum Gasteiger partial charge on any atom is -0.493 e. The fourth-order valence-electron chi connectivity index (χ4n) is 2.24. The molecule has 1 aliphatic heterocycles. The van der Waals surface area contributed by atoms with Gasteiger partial charge in [0.1, 0.15) is 5.75 Å². The molecular formula is C14H18BrNO2. The highest BCUT2D eigenvalue weighted by Crippen LogP contribution is 2.20. The first-order valence-electron chi connectivity index (χ1n) is 6.34. The molecule has 0 bridgehead atoms. The van der Waals surface area contributed by atoms with Crippen molar-refractivity contribution in [3.63, 3.8) is 0 Å². The third-order valence-corrected chi connectivity index (χ3v) is 3.95. The molecule has 0 radical (unpaired) electrons. The molecule has 1 atom stereocenters. The Labute approximate surface area is 116 Å². The summed E-state index contributed by atoms with van der Waals surface area (Å²) in [5.74, 6) is 1.02. The predicted molar refractivity (Wildman–Crippen MR) is 75.1 cm³/mol. The van der Waals surface area contributed by atoms with E-state index < -0.39 is 0 Å². The Hall–Kier alpha value is -1.03. The van der Waals surface area contributed by atoms with E-state index in [-0.39, 0.29) is 5.91 Å². The van der Waals surface area contributed by atoms with Crippen molar-refractivity contribution in [3.05, 3.63) is 30.3 Å². The van der Waals surface area contributed by atoms with E-state index in [1.807, 2.05) is 35.2 Å². The average Bonchev–Trinajstić information content (AvgIpc) is 2.88. The molecule has 0 aliphatic carbocycles. The van der Waals surface area contributed by atoms with Crippen LogP contribution in [-0.2, 0) is 4.79 Å². The van der Waals surface area contributed by atoms with Gasteiger partial charge in [0, 0.05) is 17.9 Å². The summed E-state index contributed by atoms with van der Waals surface area (Å²) in [5, 5.41) is 0.873. The number of ether oxygens (including phenoxy) is 1. The summed E-state index contributed by atoms with van der Waals surface area (Å²) >= 11 is 3.46. The van der Waals surface area contributed by atoms with Crippen LogP contribution >= 0.6 is 15.9 Å². The molecule has 0 N–H and O–H groups in total. The summed E-state index contributed by atoms with van der Waals surface area (Å²) in [7, 11) is 0. The van der Waals surface area contributed by atoms with Gasteiger partial charge in [-0.1, -0.05) is 34.1 Å². The van der Waals surface area contributed by atoms with Gasteiger partial charge in [-0.2, -0.15) is 0 Å². The van der Waals surface area contributed by atoms with Gasteiger partial charge < -0.3 is 9.64 Å². The number of carbonyl (C=O) groups is 1. The minimum atomic E-state index is 0.202. The number of hydrogen-bond donors (Lipinski definition) is 0. The van der Waals surface area contributed by atoms with E-state index in [0.29, 0.717) is 19.1 Å². The molecule has 2 rings (SSSR count). The lowest BCUT2D eigenvalue weighted by atomic mass is 10.2. The van der Waals surface area contributed by atoms with E-state index in [2.05, 4.69) is 15.9 Å². The van der Waals surface area contributed by atoms with Crippen molar-refractivity contribution in [1.29, 1.82) is 0 Å². The number of benzene rings is 1. The van der Waals surface area contributed by atoms with Crippen LogP contribution in [-0.4, -0.2) is 35.3 Å². The standard InChI is InChI=1S/C14H18BrNO2/c15-11-12-5-4-9-16(12)14(17)8-10-18-13-6-2-1-3-7-13/h1-3,6-7,12H,4-5,8-11H2. The Morgan fingerprint density at radius 1 is 1.39 bits per heavy atom. The van der Waals surface area contributed by atoms with Gasteiger partial charge in [-0.05, 0) is 25.0 Å². The zero-order valence-corrected chi connectivity index (χ0v) is 11.9. The van der Waals surface area contributed by atoms with Gasteiger partial charge in [0.15, 0.2) is 0 Å². The van der Waals surface area contributed by atoms with Crippen molar-refractivity contribution in [3.8, 4) is 5.75 Å². The van der Waals surface area contributed by atoms with E-state index in [9.17, 15) is 4.79 Å². The van der Waals surface area contributed by atoms with Gasteiger partial charge in [0.25, 0.3) is 0 Å². The van der Waals surface area contributed by atoms with Crippen LogP contribution in [0.3, 0.4) is 0 Å². The number of rotatable bonds is 5. The molecule has 1 amide bonds. The highest BCUT2D eigenvalue weighted by molar-refractivity contribution is 9.09. The lowest BCUT2D eigenvalue weighted by Crippen LogP contribution is -2.37. The van der Waals surface area contributed by atoms with E-state index in [1.54, 1.807) is 0 Å². The molecule has 1 heterocycles. The second-order valence-corrected chi connectivity index (χ2v) is 5.10. The molecule has 3 nitrogen and oxygen atoms in total. The second kappa shape index (κ2) is 6.78. The van der Waals surface area contributed by atoms with Crippen LogP contribution in [0.2, 0.25) is 0 Å². The van der Waals surface area contributed by atoms with Crippen LogP contribution in [0.25, 0.3) is 0 Å². The number of carbonyl (C=O) groups excluding carboxylic acids is 1. The Balaban J connectivity index is 1.75. The highest BCUT2D eigenvalue weighted by atomic mass is 79.9. The number of nitrogens with zero attached hydrogens (tertiary/aromatic N) is 1. The molecular weight excluding hydrogens is 294 g/mol. The molecule has 1 aromatic carbocycles. The number of hydrogen-bond acceptors (Lipinski definition) is 2. The van der Waals surface area contributed by atoms with E-state index in [1.165, 1.54) is 0 Å². The maximum atomic E-state index is 12.0. The molecule has 1 aliphatic rings. The first-order chi connectivity index (χ1) is 8.81. The summed E-state index contributed by atoms with van der Waals surface area (Å²) in [6.07, 6.45) is 2.68. The zero-order chi connectivity index (χ0) is 12.8. The normalized spacial score (nSPS) is 18.9. The number of para-hydroxylation sites is 1. The molecule has 1 saturated heterocycles. The van der Waals surface area contributed by atoms with Crippen molar-refractivity contribution < 1.29 is 9.53 Å². The van der Waals surface area contributed by atoms with Gasteiger partial charge in [-0.25, -0.2) is 0 Å². The Bertz CT molecular complexity index is 383. The van der Waals surface area contributed by atoms with E-state index in [0.717, 1.165) is 30.5 Å². The smallest absolute Gasteiger partial charge is 0.226 e. The van der Waals surface area contributed by atoms with Gasteiger partial charge in [0.2, 0.25) is 5.91 Å². The van der Waals surface area contributed by atoms with Crippen LogP contribution < -0.4 is 4.74 Å². The third-order valence-electron chi connectivity index (χ3n) is 3.20. The summed E-state index contributed by atoms with van der Waals surface area (Å²) in [5.41, 5.74) is 0. The van der Waals surface area contributed by atoms with E-state index >= 15 is 0 Å².